The molecule has 0 bridgehead atoms. The van der Waals surface area contributed by atoms with E-state index >= 15 is 0 Å². The number of hydrogen-bond donors (Lipinski definition) is 1. The smallest absolute Gasteiger partial charge is 0.354 e. The molecular weight excluding hydrogens is 367 g/mol. The summed E-state index contributed by atoms with van der Waals surface area (Å²) in [5.41, 5.74) is 1.41. The fourth-order valence-electron chi connectivity index (χ4n) is 2.74. The van der Waals surface area contributed by atoms with E-state index in [9.17, 15) is 18.0 Å². The van der Waals surface area contributed by atoms with Crippen LogP contribution in [0.3, 0.4) is 0 Å². The predicted octanol–water partition coefficient (Wildman–Crippen LogP) is 5.51. The number of nitrogens with one attached hydrogen (secondary N) is 1. The van der Waals surface area contributed by atoms with E-state index in [0.717, 1.165) is 17.8 Å². The first kappa shape index (κ1) is 19.4. The summed E-state index contributed by atoms with van der Waals surface area (Å²) in [4.78, 5) is 18.6. The lowest BCUT2D eigenvalue weighted by molar-refractivity contribution is -0.137. The van der Waals surface area contributed by atoms with Gasteiger partial charge in [-0.3, -0.25) is 9.78 Å². The molecule has 1 amide bonds. The second kappa shape index (κ2) is 8.12. The Morgan fingerprint density at radius 1 is 1.00 bits per heavy atom. The van der Waals surface area contributed by atoms with Gasteiger partial charge in [-0.1, -0.05) is 18.2 Å². The van der Waals surface area contributed by atoms with Gasteiger partial charge in [-0.05, 0) is 49.4 Å². The van der Waals surface area contributed by atoms with Crippen molar-refractivity contribution in [3.63, 3.8) is 0 Å². The van der Waals surface area contributed by atoms with Crippen LogP contribution in [0.15, 0.2) is 73.1 Å². The summed E-state index contributed by atoms with van der Waals surface area (Å²) in [6.45, 7) is 2.36. The number of pyridine rings is 1. The first-order valence-corrected chi connectivity index (χ1v) is 8.64. The largest absolute Gasteiger partial charge is 0.416 e. The van der Waals surface area contributed by atoms with Crippen molar-refractivity contribution in [1.29, 1.82) is 0 Å². The Labute approximate surface area is 160 Å². The van der Waals surface area contributed by atoms with Crippen LogP contribution in [0.2, 0.25) is 0 Å². The third kappa shape index (κ3) is 4.49. The third-order valence-corrected chi connectivity index (χ3v) is 4.12. The maximum atomic E-state index is 12.9. The second-order valence-corrected chi connectivity index (χ2v) is 6.05. The monoisotopic (exact) mass is 385 g/mol. The van der Waals surface area contributed by atoms with Gasteiger partial charge >= 0.3 is 6.18 Å². The maximum Gasteiger partial charge on any atom is 0.416 e. The lowest BCUT2D eigenvalue weighted by Crippen LogP contribution is -2.30. The predicted molar refractivity (Wildman–Crippen MR) is 103 cm³/mol. The highest BCUT2D eigenvalue weighted by molar-refractivity contribution is 6.06. The van der Waals surface area contributed by atoms with Crippen molar-refractivity contribution >= 4 is 23.0 Å². The fraction of sp³-hybridized carbons (Fsp3) is 0.143. The quantitative estimate of drug-likeness (QED) is 0.630. The molecule has 0 saturated heterocycles. The molecule has 1 aromatic heterocycles. The Morgan fingerprint density at radius 3 is 2.29 bits per heavy atom. The van der Waals surface area contributed by atoms with E-state index in [-0.39, 0.29) is 5.91 Å². The summed E-state index contributed by atoms with van der Waals surface area (Å²) in [5, 5.41) is 2.97. The Hall–Kier alpha value is -3.35. The minimum absolute atomic E-state index is 0.211. The Bertz CT molecular complexity index is 941. The standard InChI is InChI=1S/C21H18F3N3O/c1-2-27(19-6-4-3-5-7-19)20(28)15-12-18(14-25-13-15)26-17-10-8-16(9-11-17)21(22,23)24/h3-14,26H,2H2,1H3. The molecule has 0 saturated carbocycles. The van der Waals surface area contributed by atoms with Gasteiger partial charge in [-0.2, -0.15) is 13.2 Å². The zero-order chi connectivity index (χ0) is 20.1. The Kier molecular flexibility index (Phi) is 5.63. The van der Waals surface area contributed by atoms with Crippen LogP contribution in [0, 0.1) is 0 Å². The zero-order valence-corrected chi connectivity index (χ0v) is 15.1. The van der Waals surface area contributed by atoms with Gasteiger partial charge in [0, 0.05) is 24.1 Å². The maximum absolute atomic E-state index is 12.9. The number of carbonyl (C=O) groups excluding carboxylic acids is 1. The number of anilines is 3. The van der Waals surface area contributed by atoms with Crippen molar-refractivity contribution in [2.24, 2.45) is 0 Å². The summed E-state index contributed by atoms with van der Waals surface area (Å²) in [7, 11) is 0. The molecule has 0 aliphatic carbocycles. The Balaban J connectivity index is 1.79. The topological polar surface area (TPSA) is 45.2 Å². The summed E-state index contributed by atoms with van der Waals surface area (Å²) < 4.78 is 38.0. The molecule has 4 nitrogen and oxygen atoms in total. The van der Waals surface area contributed by atoms with Crippen LogP contribution < -0.4 is 10.2 Å². The Morgan fingerprint density at radius 2 is 1.68 bits per heavy atom. The normalized spacial score (nSPS) is 11.1. The third-order valence-electron chi connectivity index (χ3n) is 4.12. The molecule has 28 heavy (non-hydrogen) atoms. The van der Waals surface area contributed by atoms with E-state index in [1.165, 1.54) is 24.5 Å². The number of amides is 1. The fourth-order valence-corrected chi connectivity index (χ4v) is 2.74. The molecule has 7 heteroatoms. The van der Waals surface area contributed by atoms with Crippen LogP contribution in [0.5, 0.6) is 0 Å². The first-order valence-electron chi connectivity index (χ1n) is 8.64. The molecule has 0 fully saturated rings. The summed E-state index contributed by atoms with van der Waals surface area (Å²) >= 11 is 0. The van der Waals surface area contributed by atoms with Crippen LogP contribution in [0.4, 0.5) is 30.2 Å². The highest BCUT2D eigenvalue weighted by atomic mass is 19.4. The molecule has 1 heterocycles. The molecule has 0 aliphatic heterocycles. The van der Waals surface area contributed by atoms with Gasteiger partial charge in [-0.15, -0.1) is 0 Å². The lowest BCUT2D eigenvalue weighted by Gasteiger charge is -2.21. The average Bonchev–Trinajstić information content (AvgIpc) is 2.69. The van der Waals surface area contributed by atoms with E-state index in [1.54, 1.807) is 11.0 Å². The van der Waals surface area contributed by atoms with Crippen LogP contribution in [-0.2, 0) is 6.18 Å². The highest BCUT2D eigenvalue weighted by Crippen LogP contribution is 2.30. The van der Waals surface area contributed by atoms with Crippen molar-refractivity contribution in [3.8, 4) is 0 Å². The second-order valence-electron chi connectivity index (χ2n) is 6.05. The molecule has 2 aromatic carbocycles. The molecule has 3 aromatic rings. The van der Waals surface area contributed by atoms with E-state index in [4.69, 9.17) is 0 Å². The molecule has 0 unspecified atom stereocenters. The molecule has 3 rings (SSSR count). The number of carbonyl (C=O) groups is 1. The van der Waals surface area contributed by atoms with Crippen LogP contribution in [-0.4, -0.2) is 17.4 Å². The number of benzene rings is 2. The number of aromatic nitrogens is 1. The van der Waals surface area contributed by atoms with Gasteiger partial charge in [0.15, 0.2) is 0 Å². The van der Waals surface area contributed by atoms with E-state index in [1.807, 2.05) is 37.3 Å². The highest BCUT2D eigenvalue weighted by Gasteiger charge is 2.29. The molecule has 0 aliphatic rings. The van der Waals surface area contributed by atoms with E-state index < -0.39 is 11.7 Å². The minimum Gasteiger partial charge on any atom is -0.354 e. The molecule has 1 N–H and O–H groups in total. The van der Waals surface area contributed by atoms with Gasteiger partial charge < -0.3 is 10.2 Å². The molecule has 0 spiro atoms. The SMILES string of the molecule is CCN(C(=O)c1cncc(Nc2ccc(C(F)(F)F)cc2)c1)c1ccccc1. The number of nitrogens with zero attached hydrogens (tertiary/aromatic N) is 2. The first-order chi connectivity index (χ1) is 13.4. The van der Waals surface area contributed by atoms with Gasteiger partial charge in [0.05, 0.1) is 23.0 Å². The van der Waals surface area contributed by atoms with Gasteiger partial charge in [-0.25, -0.2) is 0 Å². The number of hydrogen-bond acceptors (Lipinski definition) is 3. The molecular formula is C21H18F3N3O. The van der Waals surface area contributed by atoms with Gasteiger partial charge in [0.2, 0.25) is 0 Å². The molecule has 144 valence electrons. The van der Waals surface area contributed by atoms with Crippen molar-refractivity contribution in [2.75, 3.05) is 16.8 Å². The lowest BCUT2D eigenvalue weighted by atomic mass is 10.2. The van der Waals surface area contributed by atoms with Gasteiger partial charge in [0.25, 0.3) is 5.91 Å². The zero-order valence-electron chi connectivity index (χ0n) is 15.1. The number of para-hydroxylation sites is 1. The van der Waals surface area contributed by atoms with Crippen molar-refractivity contribution in [1.82, 2.24) is 4.98 Å². The van der Waals surface area contributed by atoms with E-state index in [0.29, 0.717) is 23.5 Å². The summed E-state index contributed by atoms with van der Waals surface area (Å²) in [5.74, 6) is -0.211. The number of alkyl halides is 3. The van der Waals surface area contributed by atoms with Crippen LogP contribution in [0.25, 0.3) is 0 Å². The van der Waals surface area contributed by atoms with E-state index in [2.05, 4.69) is 10.3 Å². The number of rotatable bonds is 5. The van der Waals surface area contributed by atoms with Gasteiger partial charge in [0.1, 0.15) is 0 Å². The van der Waals surface area contributed by atoms with Crippen LogP contribution in [0.1, 0.15) is 22.8 Å². The molecule has 0 atom stereocenters. The average molecular weight is 385 g/mol. The number of halogens is 3. The minimum atomic E-state index is -4.38. The van der Waals surface area contributed by atoms with Crippen LogP contribution >= 0.6 is 0 Å². The summed E-state index contributed by atoms with van der Waals surface area (Å²) in [6, 6.07) is 15.6. The van der Waals surface area contributed by atoms with Crippen molar-refractivity contribution < 1.29 is 18.0 Å². The van der Waals surface area contributed by atoms with Crippen molar-refractivity contribution in [3.05, 3.63) is 84.2 Å². The molecule has 0 radical (unpaired) electrons. The van der Waals surface area contributed by atoms with Crippen molar-refractivity contribution in [2.45, 2.75) is 13.1 Å². The summed E-state index contributed by atoms with van der Waals surface area (Å²) in [6.07, 6.45) is -1.41.